The Hall–Kier alpha value is -1.60. The van der Waals surface area contributed by atoms with Gasteiger partial charge in [-0.2, -0.15) is 0 Å². The van der Waals surface area contributed by atoms with E-state index in [-0.39, 0.29) is 29.8 Å². The van der Waals surface area contributed by atoms with Crippen molar-refractivity contribution >= 4 is 21.6 Å². The first-order valence-corrected chi connectivity index (χ1v) is 8.02. The molecule has 2 rings (SSSR count). The van der Waals surface area contributed by atoms with Crippen LogP contribution >= 0.6 is 0 Å². The van der Waals surface area contributed by atoms with Crippen LogP contribution in [0.25, 0.3) is 0 Å². The van der Waals surface area contributed by atoms with Gasteiger partial charge in [0.15, 0.2) is 0 Å². The zero-order valence-electron chi connectivity index (χ0n) is 11.3. The smallest absolute Gasteiger partial charge is 0.240 e. The van der Waals surface area contributed by atoms with Gasteiger partial charge in [-0.25, -0.2) is 13.1 Å². The zero-order chi connectivity index (χ0) is 14.8. The van der Waals surface area contributed by atoms with E-state index in [1.54, 1.807) is 13.0 Å². The summed E-state index contributed by atoms with van der Waals surface area (Å²) in [5.41, 5.74) is 6.96. The molecule has 1 aromatic carbocycles. The predicted molar refractivity (Wildman–Crippen MR) is 76.6 cm³/mol. The van der Waals surface area contributed by atoms with Crippen LogP contribution in [0.15, 0.2) is 23.1 Å². The van der Waals surface area contributed by atoms with Crippen molar-refractivity contribution in [3.8, 4) is 0 Å². The number of carbonyl (C=O) groups excluding carboxylic acids is 1. The monoisotopic (exact) mass is 297 g/mol. The number of rotatable bonds is 6. The number of nitrogens with one attached hydrogen (secondary N) is 2. The van der Waals surface area contributed by atoms with Crippen LogP contribution in [-0.4, -0.2) is 26.9 Å². The summed E-state index contributed by atoms with van der Waals surface area (Å²) in [6, 6.07) is 4.86. The number of anilines is 1. The molecular formula is C13H19N3O3S. The van der Waals surface area contributed by atoms with Gasteiger partial charge in [-0.3, -0.25) is 4.79 Å². The molecule has 1 aliphatic carbocycles. The third-order valence-corrected chi connectivity index (χ3v) is 4.61. The maximum Gasteiger partial charge on any atom is 0.240 e. The van der Waals surface area contributed by atoms with Gasteiger partial charge in [-0.05, 0) is 37.5 Å². The van der Waals surface area contributed by atoms with Crippen LogP contribution in [0.3, 0.4) is 0 Å². The Bertz CT molecular complexity index is 609. The molecule has 20 heavy (non-hydrogen) atoms. The maximum atomic E-state index is 12.0. The van der Waals surface area contributed by atoms with Crippen molar-refractivity contribution in [1.29, 1.82) is 0 Å². The number of nitrogens with two attached hydrogens (primary N) is 1. The van der Waals surface area contributed by atoms with Crippen molar-refractivity contribution in [2.75, 3.05) is 12.3 Å². The maximum absolute atomic E-state index is 12.0. The molecule has 0 heterocycles. The fraction of sp³-hybridized carbons (Fsp3) is 0.462. The van der Waals surface area contributed by atoms with Crippen LogP contribution in [0.5, 0.6) is 0 Å². The van der Waals surface area contributed by atoms with Crippen LogP contribution < -0.4 is 15.8 Å². The molecule has 4 N–H and O–H groups in total. The van der Waals surface area contributed by atoms with E-state index in [0.29, 0.717) is 5.69 Å². The minimum atomic E-state index is -3.62. The molecule has 0 saturated heterocycles. The van der Waals surface area contributed by atoms with Gasteiger partial charge in [0.1, 0.15) is 0 Å². The van der Waals surface area contributed by atoms with E-state index < -0.39 is 10.0 Å². The summed E-state index contributed by atoms with van der Waals surface area (Å²) >= 11 is 0. The average Bonchev–Trinajstić information content (AvgIpc) is 3.16. The number of hydrogen-bond donors (Lipinski definition) is 3. The van der Waals surface area contributed by atoms with Gasteiger partial charge in [0.05, 0.1) is 4.90 Å². The molecule has 0 bridgehead atoms. The molecule has 1 saturated carbocycles. The quantitative estimate of drug-likeness (QED) is 0.666. The summed E-state index contributed by atoms with van der Waals surface area (Å²) < 4.78 is 26.4. The lowest BCUT2D eigenvalue weighted by molar-refractivity contribution is -0.121. The largest absolute Gasteiger partial charge is 0.398 e. The minimum absolute atomic E-state index is 0.0780. The van der Waals surface area contributed by atoms with Crippen molar-refractivity contribution in [3.05, 3.63) is 23.8 Å². The topological polar surface area (TPSA) is 101 Å². The van der Waals surface area contributed by atoms with E-state index in [9.17, 15) is 13.2 Å². The Morgan fingerprint density at radius 1 is 1.40 bits per heavy atom. The number of sulfonamides is 1. The van der Waals surface area contributed by atoms with E-state index >= 15 is 0 Å². The molecule has 1 aromatic rings. The van der Waals surface area contributed by atoms with Gasteiger partial charge >= 0.3 is 0 Å². The molecule has 1 amide bonds. The van der Waals surface area contributed by atoms with Crippen molar-refractivity contribution < 1.29 is 13.2 Å². The molecule has 1 fully saturated rings. The Balaban J connectivity index is 1.89. The second kappa shape index (κ2) is 5.80. The van der Waals surface area contributed by atoms with Gasteiger partial charge in [-0.1, -0.05) is 6.07 Å². The van der Waals surface area contributed by atoms with Crippen LogP contribution in [0.1, 0.15) is 24.8 Å². The number of benzene rings is 1. The van der Waals surface area contributed by atoms with Crippen LogP contribution in [0.2, 0.25) is 0 Å². The molecule has 7 heteroatoms. The van der Waals surface area contributed by atoms with Gasteiger partial charge in [0.2, 0.25) is 15.9 Å². The second-order valence-electron chi connectivity index (χ2n) is 5.01. The summed E-state index contributed by atoms with van der Waals surface area (Å²) in [6.45, 7) is 1.88. The second-order valence-corrected chi connectivity index (χ2v) is 6.77. The molecule has 110 valence electrons. The van der Waals surface area contributed by atoms with Crippen molar-refractivity contribution in [2.24, 2.45) is 0 Å². The molecule has 0 aromatic heterocycles. The van der Waals surface area contributed by atoms with Gasteiger partial charge in [0, 0.05) is 24.7 Å². The Morgan fingerprint density at radius 3 is 2.70 bits per heavy atom. The number of carbonyl (C=O) groups is 1. The van der Waals surface area contributed by atoms with Crippen LogP contribution in [-0.2, 0) is 14.8 Å². The minimum Gasteiger partial charge on any atom is -0.398 e. The summed E-state index contributed by atoms with van der Waals surface area (Å²) in [7, 11) is -3.62. The summed E-state index contributed by atoms with van der Waals surface area (Å²) in [5, 5.41) is 2.80. The first-order chi connectivity index (χ1) is 9.38. The average molecular weight is 297 g/mol. The number of aryl methyl sites for hydroxylation is 1. The van der Waals surface area contributed by atoms with Crippen molar-refractivity contribution in [3.63, 3.8) is 0 Å². The third-order valence-electron chi connectivity index (χ3n) is 3.15. The highest BCUT2D eigenvalue weighted by molar-refractivity contribution is 7.89. The highest BCUT2D eigenvalue weighted by atomic mass is 32.2. The van der Waals surface area contributed by atoms with Gasteiger partial charge in [0.25, 0.3) is 0 Å². The summed E-state index contributed by atoms with van der Waals surface area (Å²) in [5.74, 6) is -0.126. The molecule has 0 atom stereocenters. The first-order valence-electron chi connectivity index (χ1n) is 6.53. The lowest BCUT2D eigenvalue weighted by atomic mass is 10.2. The van der Waals surface area contributed by atoms with Crippen LogP contribution in [0.4, 0.5) is 5.69 Å². The van der Waals surface area contributed by atoms with Crippen molar-refractivity contribution in [1.82, 2.24) is 10.0 Å². The summed E-state index contributed by atoms with van der Waals surface area (Å²) in [4.78, 5) is 11.6. The molecule has 0 aliphatic heterocycles. The first kappa shape index (κ1) is 14.8. The SMILES string of the molecule is Cc1ccc(S(=O)(=O)NCCC(=O)NC2CC2)cc1N. The lowest BCUT2D eigenvalue weighted by Gasteiger charge is -2.08. The summed E-state index contributed by atoms with van der Waals surface area (Å²) in [6.07, 6.45) is 2.16. The van der Waals surface area contributed by atoms with E-state index in [1.165, 1.54) is 12.1 Å². The number of hydrogen-bond acceptors (Lipinski definition) is 4. The molecule has 0 unspecified atom stereocenters. The van der Waals surface area contributed by atoms with Gasteiger partial charge in [-0.15, -0.1) is 0 Å². The predicted octanol–water partition coefficient (Wildman–Crippen LogP) is 0.524. The van der Waals surface area contributed by atoms with E-state index in [2.05, 4.69) is 10.0 Å². The van der Waals surface area contributed by atoms with E-state index in [1.807, 2.05) is 0 Å². The third kappa shape index (κ3) is 3.94. The zero-order valence-corrected chi connectivity index (χ0v) is 12.2. The Kier molecular flexibility index (Phi) is 4.29. The molecule has 6 nitrogen and oxygen atoms in total. The van der Waals surface area contributed by atoms with Gasteiger partial charge < -0.3 is 11.1 Å². The van der Waals surface area contributed by atoms with Crippen LogP contribution in [0, 0.1) is 6.92 Å². The highest BCUT2D eigenvalue weighted by Crippen LogP contribution is 2.19. The highest BCUT2D eigenvalue weighted by Gasteiger charge is 2.23. The number of amides is 1. The fourth-order valence-electron chi connectivity index (χ4n) is 1.70. The molecule has 0 radical (unpaired) electrons. The van der Waals surface area contributed by atoms with E-state index in [4.69, 9.17) is 5.73 Å². The van der Waals surface area contributed by atoms with E-state index in [0.717, 1.165) is 18.4 Å². The molecular weight excluding hydrogens is 278 g/mol. The fourth-order valence-corrected chi connectivity index (χ4v) is 2.76. The normalized spacial score (nSPS) is 15.1. The standard InChI is InChI=1S/C13H19N3O3S/c1-9-2-5-11(8-12(9)14)20(18,19)15-7-6-13(17)16-10-3-4-10/h2,5,8,10,15H,3-4,6-7,14H2,1H3,(H,16,17). The molecule has 1 aliphatic rings. The Labute approximate surface area is 118 Å². The molecule has 0 spiro atoms. The lowest BCUT2D eigenvalue weighted by Crippen LogP contribution is -2.31. The Morgan fingerprint density at radius 2 is 2.10 bits per heavy atom. The number of nitrogen functional groups attached to an aromatic ring is 1. The van der Waals surface area contributed by atoms with Crippen molar-refractivity contribution in [2.45, 2.75) is 37.1 Å².